The van der Waals surface area contributed by atoms with Crippen LogP contribution in [0.3, 0.4) is 0 Å². The van der Waals surface area contributed by atoms with Gasteiger partial charge in [0.25, 0.3) is 0 Å². The molecule has 2 N–H and O–H groups in total. The maximum Gasteiger partial charge on any atom is 0.320 e. The molecule has 80 valence electrons. The highest BCUT2D eigenvalue weighted by molar-refractivity contribution is 5.74. The van der Waals surface area contributed by atoms with Gasteiger partial charge in [-0.15, -0.1) is 0 Å². The molecule has 2 rings (SSSR count). The van der Waals surface area contributed by atoms with E-state index in [-0.39, 0.29) is 12.1 Å². The number of urea groups is 1. The van der Waals surface area contributed by atoms with Gasteiger partial charge in [0.15, 0.2) is 0 Å². The molecule has 2 saturated heterocycles. The summed E-state index contributed by atoms with van der Waals surface area (Å²) in [5, 5.41) is 0. The monoisotopic (exact) mass is 197 g/mol. The van der Waals surface area contributed by atoms with Gasteiger partial charge in [-0.2, -0.15) is 0 Å². The molecule has 0 aromatic heterocycles. The second kappa shape index (κ2) is 4.17. The van der Waals surface area contributed by atoms with Gasteiger partial charge in [-0.25, -0.2) is 4.79 Å². The lowest BCUT2D eigenvalue weighted by Gasteiger charge is -2.33. The van der Waals surface area contributed by atoms with Crippen molar-refractivity contribution >= 4 is 6.03 Å². The van der Waals surface area contributed by atoms with E-state index in [0.717, 1.165) is 51.9 Å². The van der Waals surface area contributed by atoms with Crippen LogP contribution in [0.4, 0.5) is 4.79 Å². The molecule has 0 radical (unpaired) electrons. The average Bonchev–Trinajstić information content (AvgIpc) is 2.69. The normalized spacial score (nSPS) is 28.2. The predicted molar refractivity (Wildman–Crippen MR) is 55.0 cm³/mol. The second-order valence-corrected chi connectivity index (χ2v) is 4.33. The minimum atomic E-state index is 0.190. The fourth-order valence-electron chi connectivity index (χ4n) is 2.29. The molecule has 0 saturated carbocycles. The Morgan fingerprint density at radius 2 is 1.71 bits per heavy atom. The molecule has 2 aliphatic heterocycles. The molecule has 2 heterocycles. The number of carbonyl (C=O) groups excluding carboxylic acids is 1. The zero-order chi connectivity index (χ0) is 9.97. The summed E-state index contributed by atoms with van der Waals surface area (Å²) in [6.07, 6.45) is 4.43. The van der Waals surface area contributed by atoms with Gasteiger partial charge in [-0.3, -0.25) is 0 Å². The highest BCUT2D eigenvalue weighted by atomic mass is 16.2. The first kappa shape index (κ1) is 9.77. The van der Waals surface area contributed by atoms with Crippen LogP contribution in [0.5, 0.6) is 0 Å². The molecule has 4 nitrogen and oxygen atoms in total. The van der Waals surface area contributed by atoms with Crippen LogP contribution in [-0.4, -0.2) is 48.1 Å². The third-order valence-electron chi connectivity index (χ3n) is 3.10. The van der Waals surface area contributed by atoms with E-state index in [1.54, 1.807) is 0 Å². The van der Waals surface area contributed by atoms with Crippen LogP contribution in [-0.2, 0) is 0 Å². The molecule has 2 aliphatic rings. The zero-order valence-electron chi connectivity index (χ0n) is 8.61. The van der Waals surface area contributed by atoms with Crippen molar-refractivity contribution in [1.82, 2.24) is 9.80 Å². The van der Waals surface area contributed by atoms with E-state index in [9.17, 15) is 4.79 Å². The van der Waals surface area contributed by atoms with E-state index in [4.69, 9.17) is 5.73 Å². The molecular weight excluding hydrogens is 178 g/mol. The van der Waals surface area contributed by atoms with Crippen molar-refractivity contribution in [2.45, 2.75) is 31.7 Å². The molecule has 14 heavy (non-hydrogen) atoms. The van der Waals surface area contributed by atoms with E-state index in [1.807, 2.05) is 9.80 Å². The molecule has 2 amide bonds. The van der Waals surface area contributed by atoms with Gasteiger partial charge in [0.1, 0.15) is 0 Å². The summed E-state index contributed by atoms with van der Waals surface area (Å²) in [4.78, 5) is 15.8. The van der Waals surface area contributed by atoms with Crippen molar-refractivity contribution in [2.75, 3.05) is 26.2 Å². The molecule has 0 aromatic rings. The van der Waals surface area contributed by atoms with E-state index in [0.29, 0.717) is 0 Å². The molecule has 4 heteroatoms. The zero-order valence-corrected chi connectivity index (χ0v) is 8.61. The van der Waals surface area contributed by atoms with Crippen molar-refractivity contribution in [2.24, 2.45) is 5.73 Å². The number of nitrogens with two attached hydrogens (primary N) is 1. The molecule has 2 fully saturated rings. The van der Waals surface area contributed by atoms with Gasteiger partial charge in [0.05, 0.1) is 0 Å². The van der Waals surface area contributed by atoms with Crippen LogP contribution in [0.25, 0.3) is 0 Å². The van der Waals surface area contributed by atoms with Gasteiger partial charge < -0.3 is 15.5 Å². The summed E-state index contributed by atoms with van der Waals surface area (Å²) in [6, 6.07) is 0.396. The minimum absolute atomic E-state index is 0.190. The Kier molecular flexibility index (Phi) is 2.91. The molecular formula is C10H19N3O. The number of likely N-dealkylation sites (tertiary alicyclic amines) is 2. The van der Waals surface area contributed by atoms with E-state index in [1.165, 1.54) is 0 Å². The Balaban J connectivity index is 1.89. The van der Waals surface area contributed by atoms with Crippen LogP contribution < -0.4 is 5.73 Å². The van der Waals surface area contributed by atoms with Crippen molar-refractivity contribution in [3.63, 3.8) is 0 Å². The smallest absolute Gasteiger partial charge is 0.320 e. The van der Waals surface area contributed by atoms with Gasteiger partial charge in [-0.05, 0) is 25.7 Å². The first-order valence-electron chi connectivity index (χ1n) is 5.57. The third kappa shape index (κ3) is 2.00. The Morgan fingerprint density at radius 1 is 1.07 bits per heavy atom. The number of carbonyl (C=O) groups is 1. The molecule has 0 aromatic carbocycles. The average molecular weight is 197 g/mol. The summed E-state index contributed by atoms with van der Waals surface area (Å²) in [5.74, 6) is 0. The van der Waals surface area contributed by atoms with Crippen LogP contribution in [0.15, 0.2) is 0 Å². The molecule has 0 spiro atoms. The highest BCUT2D eigenvalue weighted by Gasteiger charge is 2.26. The summed E-state index contributed by atoms with van der Waals surface area (Å²) in [7, 11) is 0. The largest absolute Gasteiger partial charge is 0.326 e. The van der Waals surface area contributed by atoms with Gasteiger partial charge in [-0.1, -0.05) is 0 Å². The highest BCUT2D eigenvalue weighted by Crippen LogP contribution is 2.14. The summed E-state index contributed by atoms with van der Waals surface area (Å²) in [5.41, 5.74) is 5.85. The van der Waals surface area contributed by atoms with E-state index in [2.05, 4.69) is 0 Å². The standard InChI is InChI=1S/C10H19N3O/c11-9-4-3-7-13(8-9)10(14)12-5-1-2-6-12/h9H,1-8,11H2. The number of amides is 2. The van der Waals surface area contributed by atoms with Gasteiger partial charge in [0, 0.05) is 32.2 Å². The lowest BCUT2D eigenvalue weighted by Crippen LogP contribution is -2.50. The molecule has 1 atom stereocenters. The quantitative estimate of drug-likeness (QED) is 0.619. The maximum atomic E-state index is 11.9. The minimum Gasteiger partial charge on any atom is -0.326 e. The number of nitrogens with zero attached hydrogens (tertiary/aromatic N) is 2. The van der Waals surface area contributed by atoms with Gasteiger partial charge in [0.2, 0.25) is 0 Å². The number of hydrogen-bond acceptors (Lipinski definition) is 2. The lowest BCUT2D eigenvalue weighted by molar-refractivity contribution is 0.147. The lowest BCUT2D eigenvalue weighted by atomic mass is 10.1. The molecule has 0 bridgehead atoms. The first-order valence-corrected chi connectivity index (χ1v) is 5.57. The van der Waals surface area contributed by atoms with Crippen molar-refractivity contribution in [1.29, 1.82) is 0 Å². The summed E-state index contributed by atoms with van der Waals surface area (Å²) < 4.78 is 0. The number of piperidine rings is 1. The van der Waals surface area contributed by atoms with Crippen LogP contribution in [0.2, 0.25) is 0 Å². The van der Waals surface area contributed by atoms with Crippen LogP contribution in [0.1, 0.15) is 25.7 Å². The van der Waals surface area contributed by atoms with Crippen molar-refractivity contribution in [3.05, 3.63) is 0 Å². The van der Waals surface area contributed by atoms with Crippen LogP contribution in [0, 0.1) is 0 Å². The fraction of sp³-hybridized carbons (Fsp3) is 0.900. The van der Waals surface area contributed by atoms with Crippen LogP contribution >= 0.6 is 0 Å². The number of hydrogen-bond donors (Lipinski definition) is 1. The first-order chi connectivity index (χ1) is 6.77. The second-order valence-electron chi connectivity index (χ2n) is 4.33. The molecule has 1 unspecified atom stereocenters. The maximum absolute atomic E-state index is 11.9. The Bertz CT molecular complexity index is 213. The Morgan fingerprint density at radius 3 is 2.36 bits per heavy atom. The summed E-state index contributed by atoms with van der Waals surface area (Å²) >= 11 is 0. The SMILES string of the molecule is NC1CCCN(C(=O)N2CCCC2)C1. The van der Waals surface area contributed by atoms with Crippen molar-refractivity contribution < 1.29 is 4.79 Å². The predicted octanol–water partition coefficient (Wildman–Crippen LogP) is 0.625. The Labute approximate surface area is 85.0 Å². The van der Waals surface area contributed by atoms with E-state index < -0.39 is 0 Å². The molecule has 0 aliphatic carbocycles. The Hall–Kier alpha value is -0.770. The third-order valence-corrected chi connectivity index (χ3v) is 3.10. The van der Waals surface area contributed by atoms with Crippen molar-refractivity contribution in [3.8, 4) is 0 Å². The summed E-state index contributed by atoms with van der Waals surface area (Å²) in [6.45, 7) is 3.51. The number of rotatable bonds is 0. The van der Waals surface area contributed by atoms with E-state index >= 15 is 0 Å². The fourth-order valence-corrected chi connectivity index (χ4v) is 2.29. The topological polar surface area (TPSA) is 49.6 Å². The van der Waals surface area contributed by atoms with Gasteiger partial charge >= 0.3 is 6.03 Å².